The van der Waals surface area contributed by atoms with Gasteiger partial charge in [-0.3, -0.25) is 4.79 Å². The highest BCUT2D eigenvalue weighted by atomic mass is 16.5. The van der Waals surface area contributed by atoms with Gasteiger partial charge >= 0.3 is 0 Å². The van der Waals surface area contributed by atoms with Crippen molar-refractivity contribution in [3.05, 3.63) is 17.5 Å². The van der Waals surface area contributed by atoms with E-state index in [0.29, 0.717) is 18.8 Å². The van der Waals surface area contributed by atoms with Crippen molar-refractivity contribution in [3.63, 3.8) is 0 Å². The minimum absolute atomic E-state index is 0.0123. The molecule has 1 saturated carbocycles. The molecule has 1 aromatic rings. The van der Waals surface area contributed by atoms with Crippen LogP contribution in [0.15, 0.2) is 10.6 Å². The molecule has 3 rings (SSSR count). The Morgan fingerprint density at radius 1 is 1.52 bits per heavy atom. The van der Waals surface area contributed by atoms with Gasteiger partial charge in [-0.1, -0.05) is 12.1 Å². The van der Waals surface area contributed by atoms with Gasteiger partial charge in [0.15, 0.2) is 5.69 Å². The van der Waals surface area contributed by atoms with Crippen LogP contribution in [0.5, 0.6) is 0 Å². The molecular formula is C18H28N2O5. The largest absolute Gasteiger partial charge is 0.394 e. The number of hydrogen-bond donors (Lipinski definition) is 1. The van der Waals surface area contributed by atoms with Gasteiger partial charge in [-0.2, -0.15) is 0 Å². The normalized spacial score (nSPS) is 29.0. The highest BCUT2D eigenvalue weighted by Crippen LogP contribution is 2.43. The summed E-state index contributed by atoms with van der Waals surface area (Å²) in [7, 11) is 1.73. The number of carbonyl (C=O) groups is 1. The monoisotopic (exact) mass is 352 g/mol. The molecular weight excluding hydrogens is 324 g/mol. The van der Waals surface area contributed by atoms with E-state index in [1.165, 1.54) is 0 Å². The summed E-state index contributed by atoms with van der Waals surface area (Å²) in [5.41, 5.74) is 0.0683. The molecule has 1 amide bonds. The van der Waals surface area contributed by atoms with E-state index in [-0.39, 0.29) is 30.3 Å². The standard InChI is InChI=1S/C18H28N2O5/c1-3-4-14-11-15(19-25-14)17(22)20-8-7-18(23-2)6-5-13(12-16(18)20)24-10-9-21/h11,13,16,21H,3-10,12H2,1-2H3/t13-,16-,18+/m1/s1. The van der Waals surface area contributed by atoms with Crippen LogP contribution in [0.1, 0.15) is 55.3 Å². The maximum Gasteiger partial charge on any atom is 0.276 e. The highest BCUT2D eigenvalue weighted by Gasteiger charge is 2.53. The molecule has 7 nitrogen and oxygen atoms in total. The Morgan fingerprint density at radius 3 is 3.08 bits per heavy atom. The Balaban J connectivity index is 1.75. The first kappa shape index (κ1) is 18.4. The Kier molecular flexibility index (Phi) is 5.76. The lowest BCUT2D eigenvalue weighted by molar-refractivity contribution is -0.0992. The third-order valence-corrected chi connectivity index (χ3v) is 5.52. The topological polar surface area (TPSA) is 85.0 Å². The average Bonchev–Trinajstić information content (AvgIpc) is 3.24. The van der Waals surface area contributed by atoms with Gasteiger partial charge in [0.1, 0.15) is 5.76 Å². The molecule has 25 heavy (non-hydrogen) atoms. The molecule has 3 atom stereocenters. The number of aliphatic hydroxyl groups is 1. The third-order valence-electron chi connectivity index (χ3n) is 5.52. The number of aromatic nitrogens is 1. The molecule has 7 heteroatoms. The lowest BCUT2D eigenvalue weighted by atomic mass is 9.79. The molecule has 2 fully saturated rings. The second-order valence-corrected chi connectivity index (χ2v) is 6.95. The summed E-state index contributed by atoms with van der Waals surface area (Å²) in [5, 5.41) is 12.9. The van der Waals surface area contributed by atoms with Crippen molar-refractivity contribution in [3.8, 4) is 0 Å². The molecule has 0 spiro atoms. The quantitative estimate of drug-likeness (QED) is 0.805. The molecule has 2 heterocycles. The van der Waals surface area contributed by atoms with Crippen molar-refractivity contribution in [2.45, 2.75) is 63.2 Å². The maximum absolute atomic E-state index is 13.0. The van der Waals surface area contributed by atoms with E-state index in [4.69, 9.17) is 19.1 Å². The van der Waals surface area contributed by atoms with Gasteiger partial charge in [-0.15, -0.1) is 0 Å². The van der Waals surface area contributed by atoms with Crippen molar-refractivity contribution in [2.24, 2.45) is 0 Å². The first-order valence-corrected chi connectivity index (χ1v) is 9.17. The SMILES string of the molecule is CCCc1cc(C(=O)N2CC[C@@]3(OC)CC[C@@H](OCCO)C[C@@H]23)no1. The van der Waals surface area contributed by atoms with Gasteiger partial charge in [0, 0.05) is 26.1 Å². The number of carbonyl (C=O) groups excluding carboxylic acids is 1. The molecule has 1 aromatic heterocycles. The first-order chi connectivity index (χ1) is 12.1. The number of amides is 1. The number of ether oxygens (including phenoxy) is 2. The molecule has 1 aliphatic heterocycles. The average molecular weight is 352 g/mol. The van der Waals surface area contributed by atoms with E-state index < -0.39 is 0 Å². The van der Waals surface area contributed by atoms with E-state index in [2.05, 4.69) is 12.1 Å². The molecule has 140 valence electrons. The number of nitrogens with zero attached hydrogens (tertiary/aromatic N) is 2. The van der Waals surface area contributed by atoms with Crippen molar-refractivity contribution in [1.29, 1.82) is 0 Å². The fourth-order valence-electron chi connectivity index (χ4n) is 4.20. The van der Waals surface area contributed by atoms with Crippen LogP contribution >= 0.6 is 0 Å². The minimum Gasteiger partial charge on any atom is -0.394 e. The molecule has 1 saturated heterocycles. The number of hydrogen-bond acceptors (Lipinski definition) is 6. The van der Waals surface area contributed by atoms with Crippen LogP contribution in [0.2, 0.25) is 0 Å². The number of methoxy groups -OCH3 is 1. The van der Waals surface area contributed by atoms with E-state index in [1.54, 1.807) is 13.2 Å². The summed E-state index contributed by atoms with van der Waals surface area (Å²) in [6.45, 7) is 3.05. The van der Waals surface area contributed by atoms with Crippen LogP contribution in [0, 0.1) is 0 Å². The van der Waals surface area contributed by atoms with Gasteiger partial charge in [-0.25, -0.2) is 0 Å². The summed E-state index contributed by atoms with van der Waals surface area (Å²) in [5.74, 6) is 0.647. The molecule has 1 N–H and O–H groups in total. The molecule has 2 aliphatic rings. The van der Waals surface area contributed by atoms with Crippen molar-refractivity contribution in [2.75, 3.05) is 26.9 Å². The second kappa shape index (κ2) is 7.85. The Bertz CT molecular complexity index is 590. The molecule has 0 bridgehead atoms. The number of rotatable bonds is 7. The summed E-state index contributed by atoms with van der Waals surface area (Å²) in [4.78, 5) is 14.8. The smallest absolute Gasteiger partial charge is 0.276 e. The van der Waals surface area contributed by atoms with Crippen LogP contribution in [0.4, 0.5) is 0 Å². The fourth-order valence-corrected chi connectivity index (χ4v) is 4.20. The zero-order valence-corrected chi connectivity index (χ0v) is 15.1. The fraction of sp³-hybridized carbons (Fsp3) is 0.778. The Morgan fingerprint density at radius 2 is 2.36 bits per heavy atom. The molecule has 0 aromatic carbocycles. The summed E-state index contributed by atoms with van der Waals surface area (Å²) < 4.78 is 16.9. The van der Waals surface area contributed by atoms with E-state index in [0.717, 1.165) is 44.3 Å². The number of aliphatic hydroxyl groups excluding tert-OH is 1. The number of fused-ring (bicyclic) bond motifs is 1. The van der Waals surface area contributed by atoms with Crippen LogP contribution in [-0.2, 0) is 15.9 Å². The van der Waals surface area contributed by atoms with Gasteiger partial charge in [0.25, 0.3) is 5.91 Å². The number of likely N-dealkylation sites (tertiary alicyclic amines) is 1. The summed E-state index contributed by atoms with van der Waals surface area (Å²) >= 11 is 0. The minimum atomic E-state index is -0.301. The van der Waals surface area contributed by atoms with E-state index in [1.807, 2.05) is 4.90 Å². The first-order valence-electron chi connectivity index (χ1n) is 9.17. The van der Waals surface area contributed by atoms with Crippen molar-refractivity contribution < 1.29 is 23.9 Å². The van der Waals surface area contributed by atoms with Crippen LogP contribution in [0.3, 0.4) is 0 Å². The van der Waals surface area contributed by atoms with Gasteiger partial charge in [-0.05, 0) is 32.1 Å². The van der Waals surface area contributed by atoms with Crippen molar-refractivity contribution >= 4 is 5.91 Å². The van der Waals surface area contributed by atoms with Gasteiger partial charge < -0.3 is 24.0 Å². The second-order valence-electron chi connectivity index (χ2n) is 6.95. The molecule has 1 aliphatic carbocycles. The predicted octanol–water partition coefficient (Wildman–Crippen LogP) is 1.79. The Hall–Kier alpha value is -1.44. The highest BCUT2D eigenvalue weighted by molar-refractivity contribution is 5.92. The van der Waals surface area contributed by atoms with Gasteiger partial charge in [0.2, 0.25) is 0 Å². The maximum atomic E-state index is 13.0. The summed E-state index contributed by atoms with van der Waals surface area (Å²) in [6.07, 6.45) is 5.06. The third kappa shape index (κ3) is 3.59. The van der Waals surface area contributed by atoms with Crippen LogP contribution < -0.4 is 0 Å². The van der Waals surface area contributed by atoms with Crippen LogP contribution in [0.25, 0.3) is 0 Å². The van der Waals surface area contributed by atoms with Gasteiger partial charge in [0.05, 0.1) is 31.0 Å². The lowest BCUT2D eigenvalue weighted by Gasteiger charge is -2.43. The van der Waals surface area contributed by atoms with Crippen molar-refractivity contribution in [1.82, 2.24) is 10.1 Å². The summed E-state index contributed by atoms with van der Waals surface area (Å²) in [6, 6.07) is 1.72. The lowest BCUT2D eigenvalue weighted by Crippen LogP contribution is -2.53. The predicted molar refractivity (Wildman–Crippen MR) is 90.4 cm³/mol. The van der Waals surface area contributed by atoms with Crippen LogP contribution in [-0.4, -0.2) is 65.7 Å². The Labute approximate surface area is 148 Å². The van der Waals surface area contributed by atoms with E-state index >= 15 is 0 Å². The molecule has 0 radical (unpaired) electrons. The number of aryl methyl sites for hydroxylation is 1. The zero-order chi connectivity index (χ0) is 17.9. The van der Waals surface area contributed by atoms with E-state index in [9.17, 15) is 4.79 Å². The zero-order valence-electron chi connectivity index (χ0n) is 15.1. The molecule has 0 unspecified atom stereocenters.